The molecule has 1 aromatic carbocycles. The molecule has 1 saturated heterocycles. The zero-order valence-corrected chi connectivity index (χ0v) is 16.9. The van der Waals surface area contributed by atoms with E-state index in [2.05, 4.69) is 31.0 Å². The zero-order valence-electron chi connectivity index (χ0n) is 15.3. The zero-order chi connectivity index (χ0) is 20.4. The number of ether oxygens (including phenoxy) is 1. The molecular weight excluding hydrogens is 418 g/mol. The second kappa shape index (κ2) is 8.69. The Bertz CT molecular complexity index is 951. The average Bonchev–Trinajstić information content (AvgIpc) is 3.37. The van der Waals surface area contributed by atoms with Crippen molar-refractivity contribution in [3.63, 3.8) is 0 Å². The molecule has 4 atom stereocenters. The van der Waals surface area contributed by atoms with Crippen molar-refractivity contribution >= 4 is 28.2 Å². The van der Waals surface area contributed by atoms with Crippen LogP contribution in [0.5, 0.6) is 0 Å². The van der Waals surface area contributed by atoms with Gasteiger partial charge in [-0.05, 0) is 29.5 Å². The van der Waals surface area contributed by atoms with Crippen molar-refractivity contribution in [2.45, 2.75) is 42.4 Å². The fourth-order valence-corrected chi connectivity index (χ4v) is 4.31. The molecule has 154 valence electrons. The smallest absolute Gasteiger partial charge is 0.214 e. The highest BCUT2D eigenvalue weighted by Gasteiger charge is 2.37. The molecule has 4 N–H and O–H groups in total. The second-order valence-electron chi connectivity index (χ2n) is 6.45. The van der Waals surface area contributed by atoms with E-state index in [4.69, 9.17) is 4.74 Å². The van der Waals surface area contributed by atoms with E-state index in [0.717, 1.165) is 16.3 Å². The van der Waals surface area contributed by atoms with Crippen molar-refractivity contribution in [1.29, 1.82) is 0 Å². The van der Waals surface area contributed by atoms with E-state index in [0.29, 0.717) is 16.0 Å². The van der Waals surface area contributed by atoms with Gasteiger partial charge in [-0.15, -0.1) is 15.3 Å². The van der Waals surface area contributed by atoms with E-state index in [9.17, 15) is 15.3 Å². The number of aliphatic hydroxyl groups is 3. The Hall–Kier alpha value is -2.16. The highest BCUT2D eigenvalue weighted by Crippen LogP contribution is 2.27. The lowest BCUT2D eigenvalue weighted by Gasteiger charge is -2.35. The Morgan fingerprint density at radius 2 is 1.97 bits per heavy atom. The largest absolute Gasteiger partial charge is 0.388 e. The molecule has 0 radical (unpaired) electrons. The monoisotopic (exact) mass is 437 g/mol. The number of nitrogens with zero attached hydrogens (tertiary/aromatic N) is 6. The van der Waals surface area contributed by atoms with Gasteiger partial charge in [-0.3, -0.25) is 0 Å². The summed E-state index contributed by atoms with van der Waals surface area (Å²) in [5.74, 6) is 0.501. The number of anilines is 1. The van der Waals surface area contributed by atoms with Crippen molar-refractivity contribution in [2.24, 2.45) is 0 Å². The quantitative estimate of drug-likeness (QED) is 0.385. The number of hydrogen-bond donors (Lipinski definition) is 4. The molecule has 13 heteroatoms. The summed E-state index contributed by atoms with van der Waals surface area (Å²) in [5.41, 5.74) is 2.02. The third-order valence-corrected chi connectivity index (χ3v) is 6.25. The van der Waals surface area contributed by atoms with Gasteiger partial charge < -0.3 is 25.4 Å². The molecule has 0 bridgehead atoms. The van der Waals surface area contributed by atoms with Crippen molar-refractivity contribution in [2.75, 3.05) is 11.9 Å². The number of benzene rings is 1. The number of tetrazole rings is 1. The normalized spacial score (nSPS) is 24.6. The van der Waals surface area contributed by atoms with Crippen LogP contribution in [0.1, 0.15) is 10.6 Å². The van der Waals surface area contributed by atoms with Crippen molar-refractivity contribution in [3.8, 4) is 5.69 Å². The van der Waals surface area contributed by atoms with Gasteiger partial charge >= 0.3 is 0 Å². The fraction of sp³-hybridized carbons (Fsp3) is 0.438. The SMILES string of the molecule is Cc1ccc(-n2nnnc2SCc2nnc(N[C@@H]3OC[C@@H](O)[C@H](O)[C@H]3O)s2)cc1. The molecule has 0 amide bonds. The first-order chi connectivity index (χ1) is 14.0. The molecule has 4 rings (SSSR count). The van der Waals surface area contributed by atoms with Crippen LogP contribution in [0.2, 0.25) is 0 Å². The molecule has 1 aliphatic heterocycles. The maximum Gasteiger partial charge on any atom is 0.214 e. The number of hydrogen-bond acceptors (Lipinski definition) is 12. The molecule has 3 aromatic rings. The minimum Gasteiger partial charge on any atom is -0.388 e. The number of aryl methyl sites for hydroxylation is 1. The van der Waals surface area contributed by atoms with Gasteiger partial charge in [0.25, 0.3) is 0 Å². The number of thioether (sulfide) groups is 1. The molecule has 2 aromatic heterocycles. The summed E-state index contributed by atoms with van der Waals surface area (Å²) < 4.78 is 6.97. The van der Waals surface area contributed by atoms with Gasteiger partial charge in [0.15, 0.2) is 6.23 Å². The number of nitrogens with one attached hydrogen (secondary N) is 1. The summed E-state index contributed by atoms with van der Waals surface area (Å²) in [4.78, 5) is 0. The maximum atomic E-state index is 9.99. The Labute approximate surface area is 173 Å². The van der Waals surface area contributed by atoms with Crippen molar-refractivity contribution in [1.82, 2.24) is 30.4 Å². The van der Waals surface area contributed by atoms with Gasteiger partial charge in [0.1, 0.15) is 23.3 Å². The Balaban J connectivity index is 1.37. The van der Waals surface area contributed by atoms with E-state index in [1.807, 2.05) is 31.2 Å². The molecule has 1 aliphatic rings. The molecule has 0 spiro atoms. The van der Waals surface area contributed by atoms with E-state index in [1.54, 1.807) is 4.68 Å². The Kier molecular flexibility index (Phi) is 6.03. The Morgan fingerprint density at radius 1 is 1.17 bits per heavy atom. The predicted octanol–water partition coefficient (Wildman–Crippen LogP) is -0.0346. The highest BCUT2D eigenvalue weighted by molar-refractivity contribution is 7.98. The standard InChI is InChI=1S/C16H19N7O4S2/c1-8-2-4-9(5-3-8)23-16(20-21-22-23)28-7-11-18-19-15(29-11)17-14-13(26)12(25)10(24)6-27-14/h2-5,10,12-14,24-26H,6-7H2,1H3,(H,17,19)/t10-,12+,13-,14-/m1/s1. The van der Waals surface area contributed by atoms with E-state index in [-0.39, 0.29) is 6.61 Å². The minimum atomic E-state index is -1.29. The van der Waals surface area contributed by atoms with Gasteiger partial charge in [0, 0.05) is 0 Å². The molecular formula is C16H19N7O4S2. The first-order valence-electron chi connectivity index (χ1n) is 8.74. The molecule has 0 unspecified atom stereocenters. The molecule has 1 fully saturated rings. The van der Waals surface area contributed by atoms with Crippen LogP contribution in [-0.4, -0.2) is 76.9 Å². The highest BCUT2D eigenvalue weighted by atomic mass is 32.2. The number of rotatable bonds is 6. The van der Waals surface area contributed by atoms with Crippen LogP contribution in [0.4, 0.5) is 5.13 Å². The lowest BCUT2D eigenvalue weighted by molar-refractivity contribution is -0.178. The lowest BCUT2D eigenvalue weighted by atomic mass is 10.0. The van der Waals surface area contributed by atoms with Crippen LogP contribution in [0.3, 0.4) is 0 Å². The van der Waals surface area contributed by atoms with Gasteiger partial charge in [0.2, 0.25) is 10.3 Å². The third-order valence-electron chi connectivity index (χ3n) is 4.28. The van der Waals surface area contributed by atoms with Crippen molar-refractivity contribution < 1.29 is 20.1 Å². The predicted molar refractivity (Wildman–Crippen MR) is 105 cm³/mol. The van der Waals surface area contributed by atoms with Gasteiger partial charge in [-0.25, -0.2) is 0 Å². The summed E-state index contributed by atoms with van der Waals surface area (Å²) >= 11 is 2.71. The van der Waals surface area contributed by atoms with Crippen LogP contribution in [0.15, 0.2) is 29.4 Å². The molecule has 11 nitrogen and oxygen atoms in total. The van der Waals surface area contributed by atoms with Crippen LogP contribution in [-0.2, 0) is 10.5 Å². The Morgan fingerprint density at radius 3 is 2.76 bits per heavy atom. The molecule has 3 heterocycles. The number of aromatic nitrogens is 6. The van der Waals surface area contributed by atoms with Crippen molar-refractivity contribution in [3.05, 3.63) is 34.8 Å². The van der Waals surface area contributed by atoms with Gasteiger partial charge in [-0.1, -0.05) is 40.8 Å². The topological polar surface area (TPSA) is 151 Å². The van der Waals surface area contributed by atoms with E-state index in [1.165, 1.54) is 23.1 Å². The first kappa shape index (κ1) is 20.1. The van der Waals surface area contributed by atoms with Gasteiger partial charge in [-0.2, -0.15) is 4.68 Å². The average molecular weight is 438 g/mol. The summed E-state index contributed by atoms with van der Waals surface area (Å²) in [5, 5.41) is 53.9. The first-order valence-corrected chi connectivity index (χ1v) is 10.5. The summed E-state index contributed by atoms with van der Waals surface area (Å²) in [7, 11) is 0. The summed E-state index contributed by atoms with van der Waals surface area (Å²) in [6, 6.07) is 7.88. The van der Waals surface area contributed by atoms with Gasteiger partial charge in [0.05, 0.1) is 18.0 Å². The maximum absolute atomic E-state index is 9.99. The van der Waals surface area contributed by atoms with E-state index < -0.39 is 24.5 Å². The third kappa shape index (κ3) is 4.55. The fourth-order valence-electron chi connectivity index (χ4n) is 2.67. The number of aliphatic hydroxyl groups excluding tert-OH is 3. The minimum absolute atomic E-state index is 0.0843. The van der Waals surface area contributed by atoms with Crippen LogP contribution < -0.4 is 5.32 Å². The van der Waals surface area contributed by atoms with Crippen LogP contribution >= 0.6 is 23.1 Å². The lowest BCUT2D eigenvalue weighted by Crippen LogP contribution is -2.55. The molecule has 0 saturated carbocycles. The van der Waals surface area contributed by atoms with Crippen LogP contribution in [0.25, 0.3) is 5.69 Å². The van der Waals surface area contributed by atoms with Crippen LogP contribution in [0, 0.1) is 6.92 Å². The summed E-state index contributed by atoms with van der Waals surface area (Å²) in [6.45, 7) is 1.93. The second-order valence-corrected chi connectivity index (χ2v) is 8.45. The summed E-state index contributed by atoms with van der Waals surface area (Å²) in [6.07, 6.45) is -4.57. The van der Waals surface area contributed by atoms with E-state index >= 15 is 0 Å². The molecule has 0 aliphatic carbocycles. The molecule has 29 heavy (non-hydrogen) atoms.